The van der Waals surface area contributed by atoms with E-state index in [0.717, 1.165) is 18.2 Å². The predicted molar refractivity (Wildman–Crippen MR) is 76.2 cm³/mol. The smallest absolute Gasteiger partial charge is 0.284 e. The number of alkyl halides is 3. The maximum atomic E-state index is 12.5. The predicted octanol–water partition coefficient (Wildman–Crippen LogP) is 3.24. The second kappa shape index (κ2) is 7.23. The standard InChI is InChI=1S/C14H18F3NO3S/c1-3-8-18(9-4-2)22(20,21)12-7-5-6-11(10-12)13(19)14(15,16)17/h5-7,10H,3-4,8-9H2,1-2H3. The summed E-state index contributed by atoms with van der Waals surface area (Å²) >= 11 is 0. The number of hydrogen-bond donors (Lipinski definition) is 0. The second-order valence-electron chi connectivity index (χ2n) is 4.76. The maximum Gasteiger partial charge on any atom is 0.454 e. The van der Waals surface area contributed by atoms with Crippen LogP contribution in [0.3, 0.4) is 0 Å². The van der Waals surface area contributed by atoms with E-state index < -0.39 is 27.5 Å². The molecule has 8 heteroatoms. The van der Waals surface area contributed by atoms with Gasteiger partial charge in [-0.3, -0.25) is 4.79 Å². The number of rotatable bonds is 7. The van der Waals surface area contributed by atoms with Gasteiger partial charge in [-0.05, 0) is 25.0 Å². The minimum Gasteiger partial charge on any atom is -0.284 e. The van der Waals surface area contributed by atoms with Crippen LogP contribution in [-0.4, -0.2) is 37.8 Å². The van der Waals surface area contributed by atoms with Crippen LogP contribution in [-0.2, 0) is 10.0 Å². The summed E-state index contributed by atoms with van der Waals surface area (Å²) in [6.07, 6.45) is -3.87. The van der Waals surface area contributed by atoms with Gasteiger partial charge in [0.15, 0.2) is 0 Å². The molecule has 0 bridgehead atoms. The quantitative estimate of drug-likeness (QED) is 0.718. The zero-order valence-corrected chi connectivity index (χ0v) is 13.2. The molecule has 0 aliphatic heterocycles. The molecule has 0 unspecified atom stereocenters. The molecule has 0 fully saturated rings. The van der Waals surface area contributed by atoms with Gasteiger partial charge in [0.05, 0.1) is 4.90 Å². The summed E-state index contributed by atoms with van der Waals surface area (Å²) in [4.78, 5) is 10.9. The van der Waals surface area contributed by atoms with E-state index in [0.29, 0.717) is 12.8 Å². The number of benzene rings is 1. The van der Waals surface area contributed by atoms with Crippen LogP contribution in [0.25, 0.3) is 0 Å². The fourth-order valence-corrected chi connectivity index (χ4v) is 3.63. The van der Waals surface area contributed by atoms with E-state index in [1.807, 2.05) is 13.8 Å². The van der Waals surface area contributed by atoms with Crippen LogP contribution in [0, 0.1) is 0 Å². The minimum absolute atomic E-state index is 0.271. The largest absolute Gasteiger partial charge is 0.454 e. The Kier molecular flexibility index (Phi) is 6.13. The summed E-state index contributed by atoms with van der Waals surface area (Å²) < 4.78 is 63.5. The summed E-state index contributed by atoms with van der Waals surface area (Å²) in [5.74, 6) is -2.05. The molecule has 1 rings (SSSR count). The van der Waals surface area contributed by atoms with E-state index in [1.54, 1.807) is 0 Å². The van der Waals surface area contributed by atoms with Crippen LogP contribution in [0.5, 0.6) is 0 Å². The Bertz CT molecular complexity index is 620. The molecule has 0 heterocycles. The number of carbonyl (C=O) groups is 1. The van der Waals surface area contributed by atoms with Gasteiger partial charge in [0.1, 0.15) is 0 Å². The van der Waals surface area contributed by atoms with Crippen LogP contribution in [0.1, 0.15) is 37.0 Å². The van der Waals surface area contributed by atoms with Crippen LogP contribution < -0.4 is 0 Å². The van der Waals surface area contributed by atoms with Gasteiger partial charge in [0.25, 0.3) is 5.78 Å². The Morgan fingerprint density at radius 3 is 2.14 bits per heavy atom. The fourth-order valence-electron chi connectivity index (χ4n) is 1.96. The Morgan fingerprint density at radius 2 is 1.68 bits per heavy atom. The molecule has 0 atom stereocenters. The van der Waals surface area contributed by atoms with E-state index >= 15 is 0 Å². The van der Waals surface area contributed by atoms with Gasteiger partial charge in [0.2, 0.25) is 10.0 Å². The summed E-state index contributed by atoms with van der Waals surface area (Å²) in [7, 11) is -3.91. The van der Waals surface area contributed by atoms with Crippen molar-refractivity contribution >= 4 is 15.8 Å². The number of Topliss-reactive ketones (excluding diaryl/α,β-unsaturated/α-hetero) is 1. The van der Waals surface area contributed by atoms with Crippen molar-refractivity contribution in [1.82, 2.24) is 4.31 Å². The maximum absolute atomic E-state index is 12.5. The number of ketones is 1. The van der Waals surface area contributed by atoms with Gasteiger partial charge in [-0.25, -0.2) is 8.42 Å². The van der Waals surface area contributed by atoms with Gasteiger partial charge in [-0.2, -0.15) is 17.5 Å². The summed E-state index contributed by atoms with van der Waals surface area (Å²) in [5.41, 5.74) is -0.679. The molecule has 1 aromatic carbocycles. The van der Waals surface area contributed by atoms with Crippen LogP contribution >= 0.6 is 0 Å². The molecular formula is C14H18F3NO3S. The van der Waals surface area contributed by atoms with Crippen LogP contribution in [0.2, 0.25) is 0 Å². The van der Waals surface area contributed by atoms with Gasteiger partial charge >= 0.3 is 6.18 Å². The van der Waals surface area contributed by atoms with Crippen molar-refractivity contribution in [3.8, 4) is 0 Å². The Hall–Kier alpha value is -1.41. The first kappa shape index (κ1) is 18.6. The van der Waals surface area contributed by atoms with E-state index in [9.17, 15) is 26.4 Å². The van der Waals surface area contributed by atoms with E-state index in [-0.39, 0.29) is 18.0 Å². The van der Waals surface area contributed by atoms with Crippen molar-refractivity contribution in [1.29, 1.82) is 0 Å². The molecule has 0 radical (unpaired) electrons. The summed E-state index contributed by atoms with van der Waals surface area (Å²) in [6, 6.07) is 4.07. The van der Waals surface area contributed by atoms with Crippen LogP contribution in [0.4, 0.5) is 13.2 Å². The number of carbonyl (C=O) groups excluding carboxylic acids is 1. The SMILES string of the molecule is CCCN(CCC)S(=O)(=O)c1cccc(C(=O)C(F)(F)F)c1. The topological polar surface area (TPSA) is 54.5 Å². The molecular weight excluding hydrogens is 319 g/mol. The highest BCUT2D eigenvalue weighted by Crippen LogP contribution is 2.24. The lowest BCUT2D eigenvalue weighted by Crippen LogP contribution is -2.32. The molecule has 124 valence electrons. The van der Waals surface area contributed by atoms with Crippen molar-refractivity contribution in [3.05, 3.63) is 29.8 Å². The highest BCUT2D eigenvalue weighted by molar-refractivity contribution is 7.89. The van der Waals surface area contributed by atoms with Crippen LogP contribution in [0.15, 0.2) is 29.2 Å². The highest BCUT2D eigenvalue weighted by atomic mass is 32.2. The first-order chi connectivity index (χ1) is 10.1. The lowest BCUT2D eigenvalue weighted by atomic mass is 10.1. The van der Waals surface area contributed by atoms with Crippen molar-refractivity contribution < 1.29 is 26.4 Å². The molecule has 0 saturated carbocycles. The molecule has 4 nitrogen and oxygen atoms in total. The molecule has 0 saturated heterocycles. The third-order valence-corrected chi connectivity index (χ3v) is 4.83. The average molecular weight is 337 g/mol. The molecule has 0 spiro atoms. The molecule has 0 aliphatic rings. The molecule has 0 aromatic heterocycles. The first-order valence-corrected chi connectivity index (χ1v) is 8.30. The van der Waals surface area contributed by atoms with Crippen molar-refractivity contribution in [2.75, 3.05) is 13.1 Å². The van der Waals surface area contributed by atoms with Crippen molar-refractivity contribution in [2.24, 2.45) is 0 Å². The zero-order valence-electron chi connectivity index (χ0n) is 12.4. The molecule has 0 N–H and O–H groups in total. The first-order valence-electron chi connectivity index (χ1n) is 6.86. The average Bonchev–Trinajstić information content (AvgIpc) is 2.45. The fraction of sp³-hybridized carbons (Fsp3) is 0.500. The molecule has 1 aromatic rings. The number of nitrogens with zero attached hydrogens (tertiary/aromatic N) is 1. The molecule has 0 aliphatic carbocycles. The monoisotopic (exact) mass is 337 g/mol. The third-order valence-electron chi connectivity index (χ3n) is 2.94. The van der Waals surface area contributed by atoms with Gasteiger partial charge in [-0.15, -0.1) is 0 Å². The number of hydrogen-bond acceptors (Lipinski definition) is 3. The normalized spacial score (nSPS) is 12.6. The lowest BCUT2D eigenvalue weighted by molar-refractivity contribution is -0.0885. The summed E-state index contributed by atoms with van der Waals surface area (Å²) in [6.45, 7) is 4.16. The molecule has 22 heavy (non-hydrogen) atoms. The van der Waals surface area contributed by atoms with E-state index in [2.05, 4.69) is 0 Å². The number of sulfonamides is 1. The Balaban J connectivity index is 3.23. The number of halogens is 3. The Morgan fingerprint density at radius 1 is 1.14 bits per heavy atom. The summed E-state index contributed by atoms with van der Waals surface area (Å²) in [5, 5.41) is 0. The van der Waals surface area contributed by atoms with E-state index in [1.165, 1.54) is 10.4 Å². The van der Waals surface area contributed by atoms with Crippen molar-refractivity contribution in [2.45, 2.75) is 37.8 Å². The van der Waals surface area contributed by atoms with Crippen molar-refractivity contribution in [3.63, 3.8) is 0 Å². The van der Waals surface area contributed by atoms with Gasteiger partial charge in [0, 0.05) is 18.7 Å². The van der Waals surface area contributed by atoms with Gasteiger partial charge < -0.3 is 0 Å². The minimum atomic E-state index is -5.03. The molecule has 0 amide bonds. The van der Waals surface area contributed by atoms with E-state index in [4.69, 9.17) is 0 Å². The highest BCUT2D eigenvalue weighted by Gasteiger charge is 2.39. The lowest BCUT2D eigenvalue weighted by Gasteiger charge is -2.21. The zero-order chi connectivity index (χ0) is 17.0. The Labute approximate surface area is 128 Å². The van der Waals surface area contributed by atoms with Gasteiger partial charge in [-0.1, -0.05) is 26.0 Å². The second-order valence-corrected chi connectivity index (χ2v) is 6.70. The third kappa shape index (κ3) is 4.30.